The van der Waals surface area contributed by atoms with E-state index in [0.717, 1.165) is 0 Å². The van der Waals surface area contributed by atoms with Crippen LogP contribution >= 0.6 is 0 Å². The lowest BCUT2D eigenvalue weighted by Gasteiger charge is -2.11. The first-order valence-electron chi connectivity index (χ1n) is 4.55. The SMILES string of the molecule is CN(C)c1nccc(NCCC(=O)O)n1. The number of aromatic nitrogens is 2. The molecule has 0 aromatic carbocycles. The quantitative estimate of drug-likeness (QED) is 0.733. The second-order valence-electron chi connectivity index (χ2n) is 3.21. The van der Waals surface area contributed by atoms with Crippen LogP contribution in [-0.4, -0.2) is 41.7 Å². The Morgan fingerprint density at radius 1 is 1.60 bits per heavy atom. The Labute approximate surface area is 88.0 Å². The molecule has 1 aromatic heterocycles. The Morgan fingerprint density at radius 3 is 2.93 bits per heavy atom. The molecule has 0 radical (unpaired) electrons. The maximum Gasteiger partial charge on any atom is 0.305 e. The van der Waals surface area contributed by atoms with Crippen molar-refractivity contribution in [3.05, 3.63) is 12.3 Å². The van der Waals surface area contributed by atoms with Crippen molar-refractivity contribution in [3.8, 4) is 0 Å². The number of carboxylic acids is 1. The van der Waals surface area contributed by atoms with E-state index in [1.807, 2.05) is 14.1 Å². The normalized spacial score (nSPS) is 9.73. The lowest BCUT2D eigenvalue weighted by molar-refractivity contribution is -0.136. The Morgan fingerprint density at radius 2 is 2.33 bits per heavy atom. The van der Waals surface area contributed by atoms with E-state index in [1.54, 1.807) is 17.2 Å². The van der Waals surface area contributed by atoms with Gasteiger partial charge < -0.3 is 15.3 Å². The fourth-order valence-corrected chi connectivity index (χ4v) is 0.960. The van der Waals surface area contributed by atoms with Gasteiger partial charge in [0.15, 0.2) is 0 Å². The molecule has 15 heavy (non-hydrogen) atoms. The summed E-state index contributed by atoms with van der Waals surface area (Å²) in [4.78, 5) is 20.3. The van der Waals surface area contributed by atoms with E-state index < -0.39 is 5.97 Å². The van der Waals surface area contributed by atoms with E-state index in [4.69, 9.17) is 5.11 Å². The first-order valence-corrected chi connectivity index (χ1v) is 4.55. The van der Waals surface area contributed by atoms with Crippen molar-refractivity contribution < 1.29 is 9.90 Å². The molecule has 0 saturated heterocycles. The molecule has 6 nitrogen and oxygen atoms in total. The molecule has 82 valence electrons. The van der Waals surface area contributed by atoms with E-state index in [2.05, 4.69) is 15.3 Å². The molecule has 0 spiro atoms. The van der Waals surface area contributed by atoms with Crippen LogP contribution in [0.15, 0.2) is 12.3 Å². The standard InChI is InChI=1S/C9H14N4O2/c1-13(2)9-11-5-3-7(12-9)10-6-4-8(14)15/h3,5H,4,6H2,1-2H3,(H,14,15)(H,10,11,12). The molecule has 0 aliphatic rings. The first kappa shape index (κ1) is 11.2. The fourth-order valence-electron chi connectivity index (χ4n) is 0.960. The summed E-state index contributed by atoms with van der Waals surface area (Å²) < 4.78 is 0. The van der Waals surface area contributed by atoms with Gasteiger partial charge in [0.1, 0.15) is 5.82 Å². The third kappa shape index (κ3) is 3.80. The van der Waals surface area contributed by atoms with Crippen LogP contribution in [-0.2, 0) is 4.79 Å². The smallest absolute Gasteiger partial charge is 0.305 e. The van der Waals surface area contributed by atoms with Crippen molar-refractivity contribution in [1.29, 1.82) is 0 Å². The van der Waals surface area contributed by atoms with E-state index in [9.17, 15) is 4.79 Å². The minimum absolute atomic E-state index is 0.0707. The van der Waals surface area contributed by atoms with E-state index >= 15 is 0 Å². The van der Waals surface area contributed by atoms with E-state index in [0.29, 0.717) is 18.3 Å². The molecule has 0 bridgehead atoms. The molecular formula is C9H14N4O2. The number of carboxylic acid groups (broad SMARTS) is 1. The number of carbonyl (C=O) groups is 1. The number of nitrogens with zero attached hydrogens (tertiary/aromatic N) is 3. The fraction of sp³-hybridized carbons (Fsp3) is 0.444. The van der Waals surface area contributed by atoms with Crippen LogP contribution in [0, 0.1) is 0 Å². The molecule has 1 heterocycles. The summed E-state index contributed by atoms with van der Waals surface area (Å²) in [6, 6.07) is 1.70. The van der Waals surface area contributed by atoms with Crippen LogP contribution in [0.1, 0.15) is 6.42 Å². The molecule has 1 aromatic rings. The molecule has 0 aliphatic heterocycles. The van der Waals surface area contributed by atoms with Gasteiger partial charge in [-0.05, 0) is 6.07 Å². The minimum Gasteiger partial charge on any atom is -0.481 e. The molecular weight excluding hydrogens is 196 g/mol. The average Bonchev–Trinajstić information content (AvgIpc) is 2.17. The maximum absolute atomic E-state index is 10.3. The maximum atomic E-state index is 10.3. The summed E-state index contributed by atoms with van der Waals surface area (Å²) in [5.74, 6) is 0.398. The molecule has 6 heteroatoms. The molecule has 0 atom stereocenters. The highest BCUT2D eigenvalue weighted by molar-refractivity contribution is 5.67. The number of rotatable bonds is 5. The third-order valence-electron chi connectivity index (χ3n) is 1.69. The van der Waals surface area contributed by atoms with Gasteiger partial charge in [0.2, 0.25) is 5.95 Å². The third-order valence-corrected chi connectivity index (χ3v) is 1.69. The van der Waals surface area contributed by atoms with Gasteiger partial charge in [-0.15, -0.1) is 0 Å². The van der Waals surface area contributed by atoms with Crippen molar-refractivity contribution >= 4 is 17.7 Å². The van der Waals surface area contributed by atoms with Crippen LogP contribution in [0.5, 0.6) is 0 Å². The molecule has 2 N–H and O–H groups in total. The monoisotopic (exact) mass is 210 g/mol. The molecule has 0 saturated carbocycles. The second kappa shape index (κ2) is 5.14. The lowest BCUT2D eigenvalue weighted by Crippen LogP contribution is -2.14. The zero-order valence-corrected chi connectivity index (χ0v) is 8.77. The summed E-state index contributed by atoms with van der Waals surface area (Å²) in [6.45, 7) is 0.360. The van der Waals surface area contributed by atoms with Crippen molar-refractivity contribution in [3.63, 3.8) is 0 Å². The molecule has 0 aliphatic carbocycles. The number of anilines is 2. The average molecular weight is 210 g/mol. The molecule has 1 rings (SSSR count). The van der Waals surface area contributed by atoms with Crippen molar-refractivity contribution in [1.82, 2.24) is 9.97 Å². The Hall–Kier alpha value is -1.85. The van der Waals surface area contributed by atoms with Crippen molar-refractivity contribution in [2.75, 3.05) is 30.9 Å². The summed E-state index contributed by atoms with van der Waals surface area (Å²) in [5, 5.41) is 11.4. The van der Waals surface area contributed by atoms with E-state index in [-0.39, 0.29) is 6.42 Å². The molecule has 0 fully saturated rings. The van der Waals surface area contributed by atoms with Gasteiger partial charge in [-0.25, -0.2) is 4.98 Å². The minimum atomic E-state index is -0.829. The number of hydrogen-bond donors (Lipinski definition) is 2. The van der Waals surface area contributed by atoms with Crippen LogP contribution in [0.4, 0.5) is 11.8 Å². The topological polar surface area (TPSA) is 78.4 Å². The van der Waals surface area contributed by atoms with Crippen LogP contribution in [0.3, 0.4) is 0 Å². The molecule has 0 unspecified atom stereocenters. The van der Waals surface area contributed by atoms with E-state index in [1.165, 1.54) is 0 Å². The van der Waals surface area contributed by atoms with Gasteiger partial charge in [0.05, 0.1) is 6.42 Å². The van der Waals surface area contributed by atoms with Crippen molar-refractivity contribution in [2.24, 2.45) is 0 Å². The first-order chi connectivity index (χ1) is 7.09. The summed E-state index contributed by atoms with van der Waals surface area (Å²) in [7, 11) is 3.69. The highest BCUT2D eigenvalue weighted by Crippen LogP contribution is 2.07. The highest BCUT2D eigenvalue weighted by Gasteiger charge is 2.01. The predicted octanol–water partition coefficient (Wildman–Crippen LogP) is 0.429. The number of hydrogen-bond acceptors (Lipinski definition) is 5. The molecule has 0 amide bonds. The number of aliphatic carboxylic acids is 1. The van der Waals surface area contributed by atoms with Gasteiger partial charge in [0.25, 0.3) is 0 Å². The Balaban J connectivity index is 2.54. The van der Waals surface area contributed by atoms with Crippen LogP contribution in [0.25, 0.3) is 0 Å². The number of nitrogens with one attached hydrogen (secondary N) is 1. The second-order valence-corrected chi connectivity index (χ2v) is 3.21. The summed E-state index contributed by atoms with van der Waals surface area (Å²) in [6.07, 6.45) is 1.70. The van der Waals surface area contributed by atoms with Crippen LogP contribution in [0.2, 0.25) is 0 Å². The Bertz CT molecular complexity index is 341. The van der Waals surface area contributed by atoms with Gasteiger partial charge in [-0.2, -0.15) is 4.98 Å². The van der Waals surface area contributed by atoms with Crippen molar-refractivity contribution in [2.45, 2.75) is 6.42 Å². The lowest BCUT2D eigenvalue weighted by atomic mass is 10.4. The van der Waals surface area contributed by atoms with Gasteiger partial charge in [-0.1, -0.05) is 0 Å². The zero-order chi connectivity index (χ0) is 11.3. The summed E-state index contributed by atoms with van der Waals surface area (Å²) in [5.41, 5.74) is 0. The van der Waals surface area contributed by atoms with Gasteiger partial charge >= 0.3 is 5.97 Å². The zero-order valence-electron chi connectivity index (χ0n) is 8.77. The largest absolute Gasteiger partial charge is 0.481 e. The van der Waals surface area contributed by atoms with Gasteiger partial charge in [0, 0.05) is 26.8 Å². The highest BCUT2D eigenvalue weighted by atomic mass is 16.4. The summed E-state index contributed by atoms with van der Waals surface area (Å²) >= 11 is 0. The predicted molar refractivity (Wildman–Crippen MR) is 57.1 cm³/mol. The Kier molecular flexibility index (Phi) is 3.84. The van der Waals surface area contributed by atoms with Crippen LogP contribution < -0.4 is 10.2 Å². The van der Waals surface area contributed by atoms with Gasteiger partial charge in [-0.3, -0.25) is 4.79 Å².